The number of hydrogen-bond acceptors (Lipinski definition) is 5. The second-order valence-corrected chi connectivity index (χ2v) is 4.63. The molecule has 0 fully saturated rings. The van der Waals surface area contributed by atoms with Gasteiger partial charge in [-0.2, -0.15) is 0 Å². The molecule has 1 heterocycles. The lowest BCUT2D eigenvalue weighted by Crippen LogP contribution is -2.21. The average molecular weight is 297 g/mol. The second-order valence-electron chi connectivity index (χ2n) is 4.19. The molecular weight excluding hydrogens is 284 g/mol. The first-order valence-electron chi connectivity index (χ1n) is 5.93. The van der Waals surface area contributed by atoms with E-state index >= 15 is 0 Å². The van der Waals surface area contributed by atoms with Crippen LogP contribution in [-0.2, 0) is 6.54 Å². The van der Waals surface area contributed by atoms with Crippen LogP contribution in [-0.4, -0.2) is 16.6 Å². The summed E-state index contributed by atoms with van der Waals surface area (Å²) in [4.78, 5) is 10.4. The molecule has 0 aliphatic carbocycles. The number of nitrogens with one attached hydrogen (secondary N) is 1. The summed E-state index contributed by atoms with van der Waals surface area (Å²) in [6, 6.07) is 7.71. The first-order chi connectivity index (χ1) is 9.58. The minimum absolute atomic E-state index is 0.00520. The Morgan fingerprint density at radius 1 is 1.45 bits per heavy atom. The Kier molecular flexibility index (Phi) is 4.73. The maximum absolute atomic E-state index is 10.9. The normalized spacial score (nSPS) is 12.3. The third-order valence-corrected chi connectivity index (χ3v) is 3.00. The highest BCUT2D eigenvalue weighted by molar-refractivity contribution is 6.30. The van der Waals surface area contributed by atoms with E-state index in [4.69, 9.17) is 16.0 Å². The van der Waals surface area contributed by atoms with Crippen LogP contribution in [0.2, 0.25) is 5.02 Å². The SMILES string of the molecule is O=[N+]([O-])c1ccc(Cl)cc1CNCC(O)c1ccco1. The zero-order chi connectivity index (χ0) is 14.5. The number of hydrogen-bond donors (Lipinski definition) is 2. The molecule has 0 amide bonds. The molecule has 1 aromatic heterocycles. The van der Waals surface area contributed by atoms with Crippen molar-refractivity contribution in [1.82, 2.24) is 5.32 Å². The predicted octanol–water partition coefficient (Wildman–Crippen LogP) is 2.66. The van der Waals surface area contributed by atoms with Gasteiger partial charge in [0, 0.05) is 29.7 Å². The van der Waals surface area contributed by atoms with Crippen LogP contribution < -0.4 is 5.32 Å². The number of nitro benzene ring substituents is 1. The monoisotopic (exact) mass is 296 g/mol. The van der Waals surface area contributed by atoms with E-state index in [0.29, 0.717) is 16.3 Å². The van der Waals surface area contributed by atoms with Crippen molar-refractivity contribution in [2.24, 2.45) is 0 Å². The van der Waals surface area contributed by atoms with Gasteiger partial charge in [-0.25, -0.2) is 0 Å². The number of nitrogens with zero attached hydrogens (tertiary/aromatic N) is 1. The van der Waals surface area contributed by atoms with Crippen molar-refractivity contribution < 1.29 is 14.4 Å². The largest absolute Gasteiger partial charge is 0.467 e. The quantitative estimate of drug-likeness (QED) is 0.632. The highest BCUT2D eigenvalue weighted by Gasteiger charge is 2.15. The topological polar surface area (TPSA) is 88.5 Å². The molecule has 1 unspecified atom stereocenters. The molecule has 0 aliphatic rings. The summed E-state index contributed by atoms with van der Waals surface area (Å²) in [5.74, 6) is 0.443. The Bertz CT molecular complexity index is 586. The average Bonchev–Trinajstić information content (AvgIpc) is 2.92. The van der Waals surface area contributed by atoms with Crippen LogP contribution in [0.5, 0.6) is 0 Å². The summed E-state index contributed by atoms with van der Waals surface area (Å²) >= 11 is 5.83. The Balaban J connectivity index is 1.97. The predicted molar refractivity (Wildman–Crippen MR) is 73.5 cm³/mol. The molecular formula is C13H13ClN2O4. The molecule has 1 aromatic carbocycles. The Morgan fingerprint density at radius 3 is 2.90 bits per heavy atom. The van der Waals surface area contributed by atoms with Gasteiger partial charge in [0.2, 0.25) is 0 Å². The van der Waals surface area contributed by atoms with E-state index in [1.807, 2.05) is 0 Å². The number of aliphatic hydroxyl groups excluding tert-OH is 1. The van der Waals surface area contributed by atoms with E-state index in [-0.39, 0.29) is 18.8 Å². The van der Waals surface area contributed by atoms with Gasteiger partial charge in [-0.15, -0.1) is 0 Å². The molecule has 0 bridgehead atoms. The molecule has 20 heavy (non-hydrogen) atoms. The van der Waals surface area contributed by atoms with Crippen molar-refractivity contribution in [3.63, 3.8) is 0 Å². The van der Waals surface area contributed by atoms with E-state index in [1.165, 1.54) is 24.5 Å². The van der Waals surface area contributed by atoms with Gasteiger partial charge >= 0.3 is 0 Å². The van der Waals surface area contributed by atoms with Crippen molar-refractivity contribution in [2.75, 3.05) is 6.54 Å². The van der Waals surface area contributed by atoms with Gasteiger partial charge in [0.1, 0.15) is 11.9 Å². The first-order valence-corrected chi connectivity index (χ1v) is 6.30. The molecule has 0 aliphatic heterocycles. The molecule has 2 rings (SSSR count). The van der Waals surface area contributed by atoms with Crippen LogP contribution in [0.15, 0.2) is 41.0 Å². The summed E-state index contributed by atoms with van der Waals surface area (Å²) < 4.78 is 5.06. The van der Waals surface area contributed by atoms with E-state index < -0.39 is 11.0 Å². The Morgan fingerprint density at radius 2 is 2.25 bits per heavy atom. The highest BCUT2D eigenvalue weighted by Crippen LogP contribution is 2.22. The minimum atomic E-state index is -0.803. The molecule has 2 N–H and O–H groups in total. The lowest BCUT2D eigenvalue weighted by atomic mass is 10.1. The number of rotatable bonds is 6. The second kappa shape index (κ2) is 6.51. The first kappa shape index (κ1) is 14.5. The van der Waals surface area contributed by atoms with Crippen molar-refractivity contribution in [3.8, 4) is 0 Å². The summed E-state index contributed by atoms with van der Waals surface area (Å²) in [7, 11) is 0. The molecule has 1 atom stereocenters. The summed E-state index contributed by atoms with van der Waals surface area (Å²) in [6.45, 7) is 0.450. The molecule has 2 aromatic rings. The third kappa shape index (κ3) is 3.57. The van der Waals surface area contributed by atoms with Crippen LogP contribution in [0.1, 0.15) is 17.4 Å². The fourth-order valence-electron chi connectivity index (χ4n) is 1.80. The van der Waals surface area contributed by atoms with Gasteiger partial charge in [-0.1, -0.05) is 11.6 Å². The van der Waals surface area contributed by atoms with Crippen molar-refractivity contribution >= 4 is 17.3 Å². The molecule has 0 saturated carbocycles. The maximum atomic E-state index is 10.9. The van der Waals surface area contributed by atoms with Crippen molar-refractivity contribution in [2.45, 2.75) is 12.6 Å². The van der Waals surface area contributed by atoms with Crippen LogP contribution >= 0.6 is 11.6 Å². The molecule has 0 saturated heterocycles. The molecule has 6 nitrogen and oxygen atoms in total. The zero-order valence-electron chi connectivity index (χ0n) is 10.5. The van der Waals surface area contributed by atoms with Crippen LogP contribution in [0.25, 0.3) is 0 Å². The van der Waals surface area contributed by atoms with Gasteiger partial charge in [0.25, 0.3) is 5.69 Å². The van der Waals surface area contributed by atoms with Crippen LogP contribution in [0.3, 0.4) is 0 Å². The smallest absolute Gasteiger partial charge is 0.273 e. The summed E-state index contributed by atoms with van der Waals surface area (Å²) in [6.07, 6.45) is 0.670. The number of halogens is 1. The Hall–Kier alpha value is -1.89. The van der Waals surface area contributed by atoms with Gasteiger partial charge < -0.3 is 14.8 Å². The van der Waals surface area contributed by atoms with Crippen LogP contribution in [0, 0.1) is 10.1 Å². The lowest BCUT2D eigenvalue weighted by Gasteiger charge is -2.10. The van der Waals surface area contributed by atoms with Gasteiger partial charge in [0.05, 0.1) is 11.2 Å². The molecule has 0 radical (unpaired) electrons. The van der Waals surface area contributed by atoms with E-state index in [9.17, 15) is 15.2 Å². The number of aliphatic hydroxyl groups is 1. The lowest BCUT2D eigenvalue weighted by molar-refractivity contribution is -0.385. The fraction of sp³-hybridized carbons (Fsp3) is 0.231. The number of benzene rings is 1. The zero-order valence-corrected chi connectivity index (χ0v) is 11.2. The van der Waals surface area contributed by atoms with Gasteiger partial charge in [-0.3, -0.25) is 10.1 Å². The minimum Gasteiger partial charge on any atom is -0.467 e. The van der Waals surface area contributed by atoms with Gasteiger partial charge in [-0.05, 0) is 24.3 Å². The number of furan rings is 1. The molecule has 106 valence electrons. The van der Waals surface area contributed by atoms with Gasteiger partial charge in [0.15, 0.2) is 0 Å². The van der Waals surface area contributed by atoms with E-state index in [0.717, 1.165) is 0 Å². The third-order valence-electron chi connectivity index (χ3n) is 2.76. The molecule has 7 heteroatoms. The highest BCUT2D eigenvalue weighted by atomic mass is 35.5. The fourth-order valence-corrected chi connectivity index (χ4v) is 1.99. The maximum Gasteiger partial charge on any atom is 0.273 e. The number of nitro groups is 1. The van der Waals surface area contributed by atoms with Crippen molar-refractivity contribution in [3.05, 3.63) is 63.1 Å². The van der Waals surface area contributed by atoms with E-state index in [1.54, 1.807) is 12.1 Å². The molecule has 0 spiro atoms. The van der Waals surface area contributed by atoms with E-state index in [2.05, 4.69) is 5.32 Å². The summed E-state index contributed by atoms with van der Waals surface area (Å²) in [5.41, 5.74) is 0.462. The Labute approximate surface area is 120 Å². The summed E-state index contributed by atoms with van der Waals surface area (Å²) in [5, 5.41) is 24.1. The standard InChI is InChI=1S/C13H13ClN2O4/c14-10-3-4-11(16(18)19)9(6-10)7-15-8-12(17)13-2-1-5-20-13/h1-6,12,15,17H,7-8H2. The van der Waals surface area contributed by atoms with Crippen LogP contribution in [0.4, 0.5) is 5.69 Å². The van der Waals surface area contributed by atoms with Crippen molar-refractivity contribution in [1.29, 1.82) is 0 Å².